The average molecular weight is 709 g/mol. The van der Waals surface area contributed by atoms with Crippen LogP contribution in [0.15, 0.2) is 218 Å². The number of benzene rings is 11. The highest BCUT2D eigenvalue weighted by Gasteiger charge is 2.21. The van der Waals surface area contributed by atoms with E-state index in [0.29, 0.717) is 0 Å². The van der Waals surface area contributed by atoms with Gasteiger partial charge in [-0.2, -0.15) is 0 Å². The summed E-state index contributed by atoms with van der Waals surface area (Å²) in [6, 6.07) is 80.4. The summed E-state index contributed by atoms with van der Waals surface area (Å²) in [5.41, 5.74) is 12.4. The zero-order chi connectivity index (χ0) is 37.0. The molecule has 0 amide bonds. The minimum absolute atomic E-state index is 1.21. The standard InChI is InChI=1S/C56H36/c1-4-16-37(17-5-1)42-30-32-50-52(35-42)54(43-29-28-38-18-10-11-23-41(38)34-43)48-27-15-14-26-47(48)53(50)44-31-33-49-51(36-44)45-24-12-13-25-46(45)55(39-19-6-2-7-20-39)56(49)40-21-8-3-9-22-40/h1-36H. The van der Waals surface area contributed by atoms with Crippen molar-refractivity contribution in [1.29, 1.82) is 0 Å². The summed E-state index contributed by atoms with van der Waals surface area (Å²) in [4.78, 5) is 0. The van der Waals surface area contributed by atoms with Gasteiger partial charge >= 0.3 is 0 Å². The summed E-state index contributed by atoms with van der Waals surface area (Å²) in [6.07, 6.45) is 0. The Bertz CT molecular complexity index is 3270. The summed E-state index contributed by atoms with van der Waals surface area (Å²) >= 11 is 0. The van der Waals surface area contributed by atoms with E-state index in [1.807, 2.05) is 0 Å². The van der Waals surface area contributed by atoms with Crippen LogP contribution in [0.25, 0.3) is 109 Å². The maximum absolute atomic E-state index is 2.46. The van der Waals surface area contributed by atoms with E-state index in [2.05, 4.69) is 218 Å². The third kappa shape index (κ3) is 5.22. The van der Waals surface area contributed by atoms with E-state index in [9.17, 15) is 0 Å². The molecule has 11 rings (SSSR count). The molecule has 0 unspecified atom stereocenters. The summed E-state index contributed by atoms with van der Waals surface area (Å²) in [6.45, 7) is 0. The molecule has 0 aliphatic carbocycles. The molecule has 0 saturated carbocycles. The first-order valence-electron chi connectivity index (χ1n) is 19.4. The van der Waals surface area contributed by atoms with Crippen LogP contribution in [0, 0.1) is 0 Å². The Morgan fingerprint density at radius 2 is 0.554 bits per heavy atom. The Morgan fingerprint density at radius 3 is 1.18 bits per heavy atom. The van der Waals surface area contributed by atoms with Crippen molar-refractivity contribution in [3.8, 4) is 55.6 Å². The second-order valence-electron chi connectivity index (χ2n) is 14.8. The Hall–Kier alpha value is -7.28. The molecule has 0 nitrogen and oxygen atoms in total. The topological polar surface area (TPSA) is 0 Å². The van der Waals surface area contributed by atoms with Crippen molar-refractivity contribution in [2.24, 2.45) is 0 Å². The van der Waals surface area contributed by atoms with E-state index < -0.39 is 0 Å². The molecule has 0 aliphatic rings. The quantitative estimate of drug-likeness (QED) is 0.123. The van der Waals surface area contributed by atoms with E-state index in [4.69, 9.17) is 0 Å². The molecule has 0 spiro atoms. The van der Waals surface area contributed by atoms with E-state index in [1.165, 1.54) is 109 Å². The molecule has 0 atom stereocenters. The van der Waals surface area contributed by atoms with Gasteiger partial charge in [-0.3, -0.25) is 0 Å². The first kappa shape index (κ1) is 32.2. The normalized spacial score (nSPS) is 11.6. The van der Waals surface area contributed by atoms with E-state index in [-0.39, 0.29) is 0 Å². The molecule has 0 saturated heterocycles. The van der Waals surface area contributed by atoms with Crippen LogP contribution < -0.4 is 0 Å². The molecule has 0 heterocycles. The van der Waals surface area contributed by atoms with Crippen molar-refractivity contribution in [3.63, 3.8) is 0 Å². The lowest BCUT2D eigenvalue weighted by molar-refractivity contribution is 1.62. The monoisotopic (exact) mass is 708 g/mol. The van der Waals surface area contributed by atoms with Gasteiger partial charge < -0.3 is 0 Å². The Labute approximate surface area is 326 Å². The van der Waals surface area contributed by atoms with Crippen molar-refractivity contribution < 1.29 is 0 Å². The summed E-state index contributed by atoms with van der Waals surface area (Å²) < 4.78 is 0. The minimum Gasteiger partial charge on any atom is -0.0622 e. The minimum atomic E-state index is 1.21. The van der Waals surface area contributed by atoms with Crippen LogP contribution >= 0.6 is 0 Å². The van der Waals surface area contributed by atoms with Gasteiger partial charge in [-0.15, -0.1) is 0 Å². The van der Waals surface area contributed by atoms with Crippen LogP contribution in [0.5, 0.6) is 0 Å². The van der Waals surface area contributed by atoms with Crippen molar-refractivity contribution in [2.45, 2.75) is 0 Å². The SMILES string of the molecule is c1ccc(-c2ccc3c(-c4ccc5c(-c6ccccc6)c(-c6ccccc6)c6ccccc6c5c4)c4ccccc4c(-c4ccc5ccccc5c4)c3c2)cc1. The second-order valence-corrected chi connectivity index (χ2v) is 14.8. The fourth-order valence-corrected chi connectivity index (χ4v) is 9.11. The molecule has 0 aromatic heterocycles. The predicted molar refractivity (Wildman–Crippen MR) is 241 cm³/mol. The highest BCUT2D eigenvalue weighted by Crippen LogP contribution is 2.49. The van der Waals surface area contributed by atoms with Crippen LogP contribution in [-0.2, 0) is 0 Å². The van der Waals surface area contributed by atoms with Gasteiger partial charge in [0.25, 0.3) is 0 Å². The Kier molecular flexibility index (Phi) is 7.60. The average Bonchev–Trinajstić information content (AvgIpc) is 3.28. The van der Waals surface area contributed by atoms with Crippen LogP contribution in [0.3, 0.4) is 0 Å². The zero-order valence-electron chi connectivity index (χ0n) is 30.8. The van der Waals surface area contributed by atoms with E-state index in [0.717, 1.165) is 0 Å². The maximum Gasteiger partial charge on any atom is -0.00203 e. The molecule has 0 heteroatoms. The smallest absolute Gasteiger partial charge is 0.00203 e. The van der Waals surface area contributed by atoms with Gasteiger partial charge in [0.05, 0.1) is 0 Å². The van der Waals surface area contributed by atoms with Gasteiger partial charge in [-0.1, -0.05) is 200 Å². The molecule has 0 fully saturated rings. The van der Waals surface area contributed by atoms with Crippen molar-refractivity contribution in [1.82, 2.24) is 0 Å². The lowest BCUT2D eigenvalue weighted by Gasteiger charge is -2.21. The summed E-state index contributed by atoms with van der Waals surface area (Å²) in [5, 5.41) is 12.5. The molecule has 260 valence electrons. The van der Waals surface area contributed by atoms with E-state index >= 15 is 0 Å². The highest BCUT2D eigenvalue weighted by atomic mass is 14.2. The van der Waals surface area contributed by atoms with Gasteiger partial charge in [0.1, 0.15) is 0 Å². The third-order valence-electron chi connectivity index (χ3n) is 11.6. The summed E-state index contributed by atoms with van der Waals surface area (Å²) in [7, 11) is 0. The molecule has 11 aromatic carbocycles. The van der Waals surface area contributed by atoms with Crippen molar-refractivity contribution in [2.75, 3.05) is 0 Å². The van der Waals surface area contributed by atoms with Gasteiger partial charge in [0, 0.05) is 0 Å². The lowest BCUT2D eigenvalue weighted by atomic mass is 9.82. The first-order chi connectivity index (χ1) is 27.8. The molecule has 0 radical (unpaired) electrons. The van der Waals surface area contributed by atoms with Gasteiger partial charge in [0.15, 0.2) is 0 Å². The third-order valence-corrected chi connectivity index (χ3v) is 11.6. The fraction of sp³-hybridized carbons (Fsp3) is 0. The molecule has 0 bridgehead atoms. The van der Waals surface area contributed by atoms with Gasteiger partial charge in [-0.05, 0) is 128 Å². The fourth-order valence-electron chi connectivity index (χ4n) is 9.11. The van der Waals surface area contributed by atoms with Crippen molar-refractivity contribution in [3.05, 3.63) is 218 Å². The largest absolute Gasteiger partial charge is 0.0622 e. The van der Waals surface area contributed by atoms with Gasteiger partial charge in [-0.25, -0.2) is 0 Å². The molecule has 56 heavy (non-hydrogen) atoms. The molecule has 0 N–H and O–H groups in total. The Balaban J connectivity index is 1.25. The number of hydrogen-bond donors (Lipinski definition) is 0. The predicted octanol–water partition coefficient (Wildman–Crippen LogP) is 15.8. The van der Waals surface area contributed by atoms with Crippen LogP contribution in [-0.4, -0.2) is 0 Å². The van der Waals surface area contributed by atoms with Crippen LogP contribution in [0.4, 0.5) is 0 Å². The van der Waals surface area contributed by atoms with E-state index in [1.54, 1.807) is 0 Å². The maximum atomic E-state index is 2.46. The molecule has 11 aromatic rings. The second kappa shape index (κ2) is 13.2. The molecule has 0 aliphatic heterocycles. The highest BCUT2D eigenvalue weighted by molar-refractivity contribution is 6.25. The number of rotatable bonds is 5. The van der Waals surface area contributed by atoms with Crippen LogP contribution in [0.1, 0.15) is 0 Å². The zero-order valence-corrected chi connectivity index (χ0v) is 30.8. The molecular weight excluding hydrogens is 673 g/mol. The van der Waals surface area contributed by atoms with Crippen molar-refractivity contribution >= 4 is 53.9 Å². The van der Waals surface area contributed by atoms with Gasteiger partial charge in [0.2, 0.25) is 0 Å². The number of fused-ring (bicyclic) bond motifs is 6. The number of hydrogen-bond acceptors (Lipinski definition) is 0. The lowest BCUT2D eigenvalue weighted by Crippen LogP contribution is -1.94. The first-order valence-corrected chi connectivity index (χ1v) is 19.4. The molecular formula is C56H36. The Morgan fingerprint density at radius 1 is 0.161 bits per heavy atom. The van der Waals surface area contributed by atoms with Crippen LogP contribution in [0.2, 0.25) is 0 Å². The summed E-state index contributed by atoms with van der Waals surface area (Å²) in [5.74, 6) is 0.